The third-order valence-corrected chi connectivity index (χ3v) is 4.14. The Bertz CT molecular complexity index is 1020. The predicted octanol–water partition coefficient (Wildman–Crippen LogP) is 6.64. The largest absolute Gasteiger partial charge is 0.416 e. The number of hydrogen-bond acceptors (Lipinski definition) is 1. The summed E-state index contributed by atoms with van der Waals surface area (Å²) >= 11 is 0. The van der Waals surface area contributed by atoms with Gasteiger partial charge in [0.1, 0.15) is 0 Å². The molecular weight excluding hydrogens is 396 g/mol. The first kappa shape index (κ1) is 20.4. The SMILES string of the molecule is O=C(Nc1cccc(C(F)(F)F)c1)c1ccccc1-c1ccc(C(F)(F)F)cc1. The van der Waals surface area contributed by atoms with E-state index in [0.29, 0.717) is 11.1 Å². The fourth-order valence-electron chi connectivity index (χ4n) is 2.74. The molecule has 0 fully saturated rings. The van der Waals surface area contributed by atoms with E-state index in [-0.39, 0.29) is 11.3 Å². The van der Waals surface area contributed by atoms with Crippen LogP contribution in [0.5, 0.6) is 0 Å². The summed E-state index contributed by atoms with van der Waals surface area (Å²) < 4.78 is 76.7. The van der Waals surface area contributed by atoms with E-state index in [4.69, 9.17) is 0 Å². The van der Waals surface area contributed by atoms with Gasteiger partial charge in [0.25, 0.3) is 5.91 Å². The molecule has 0 heterocycles. The van der Waals surface area contributed by atoms with Crippen LogP contribution in [0.15, 0.2) is 72.8 Å². The summed E-state index contributed by atoms with van der Waals surface area (Å²) in [6.07, 6.45) is -9.04. The maximum Gasteiger partial charge on any atom is 0.416 e. The van der Waals surface area contributed by atoms with Gasteiger partial charge < -0.3 is 5.32 Å². The van der Waals surface area contributed by atoms with Gasteiger partial charge in [-0.1, -0.05) is 36.4 Å². The van der Waals surface area contributed by atoms with Crippen molar-refractivity contribution in [3.8, 4) is 11.1 Å². The summed E-state index contributed by atoms with van der Waals surface area (Å²) in [5, 5.41) is 2.40. The Balaban J connectivity index is 1.90. The van der Waals surface area contributed by atoms with Gasteiger partial charge in [-0.25, -0.2) is 0 Å². The fourth-order valence-corrected chi connectivity index (χ4v) is 2.74. The van der Waals surface area contributed by atoms with Gasteiger partial charge >= 0.3 is 12.4 Å². The summed E-state index contributed by atoms with van der Waals surface area (Å²) in [6.45, 7) is 0. The number of rotatable bonds is 3. The molecular formula is C21H13F6NO. The third kappa shape index (κ3) is 4.77. The molecule has 0 atom stereocenters. The summed E-state index contributed by atoms with van der Waals surface area (Å²) in [5.74, 6) is -0.681. The summed E-state index contributed by atoms with van der Waals surface area (Å²) in [7, 11) is 0. The van der Waals surface area contributed by atoms with Gasteiger partial charge in [0.15, 0.2) is 0 Å². The topological polar surface area (TPSA) is 29.1 Å². The monoisotopic (exact) mass is 409 g/mol. The van der Waals surface area contributed by atoms with Gasteiger partial charge in [-0.15, -0.1) is 0 Å². The van der Waals surface area contributed by atoms with E-state index in [1.165, 1.54) is 30.3 Å². The molecule has 3 aromatic rings. The lowest BCUT2D eigenvalue weighted by Crippen LogP contribution is -2.14. The van der Waals surface area contributed by atoms with Crippen molar-refractivity contribution in [2.24, 2.45) is 0 Å². The summed E-state index contributed by atoms with van der Waals surface area (Å²) in [6, 6.07) is 14.6. The van der Waals surface area contributed by atoms with E-state index in [1.54, 1.807) is 18.2 Å². The van der Waals surface area contributed by atoms with Crippen LogP contribution in [0, 0.1) is 0 Å². The maximum absolute atomic E-state index is 12.8. The second kappa shape index (κ2) is 7.62. The quantitative estimate of drug-likeness (QED) is 0.483. The smallest absolute Gasteiger partial charge is 0.322 e. The van der Waals surface area contributed by atoms with Crippen molar-refractivity contribution in [1.82, 2.24) is 0 Å². The molecule has 0 aliphatic carbocycles. The highest BCUT2D eigenvalue weighted by Gasteiger charge is 2.31. The normalized spacial score (nSPS) is 11.9. The predicted molar refractivity (Wildman–Crippen MR) is 96.3 cm³/mol. The van der Waals surface area contributed by atoms with Crippen LogP contribution in [0.2, 0.25) is 0 Å². The van der Waals surface area contributed by atoms with E-state index < -0.39 is 29.4 Å². The number of benzene rings is 3. The zero-order chi connectivity index (χ0) is 21.2. The van der Waals surface area contributed by atoms with Gasteiger partial charge in [0, 0.05) is 11.3 Å². The Morgan fingerprint density at radius 3 is 1.93 bits per heavy atom. The van der Waals surface area contributed by atoms with Crippen LogP contribution in [-0.4, -0.2) is 5.91 Å². The standard InChI is InChI=1S/C21H13F6NO/c22-20(23,24)14-10-8-13(9-11-14)17-6-1-2-7-18(17)19(29)28-16-5-3-4-15(12-16)21(25,26)27/h1-12H,(H,28,29). The Morgan fingerprint density at radius 1 is 0.690 bits per heavy atom. The zero-order valence-electron chi connectivity index (χ0n) is 14.6. The molecule has 2 nitrogen and oxygen atoms in total. The van der Waals surface area contributed by atoms with Crippen molar-refractivity contribution in [3.05, 3.63) is 89.5 Å². The van der Waals surface area contributed by atoms with Crippen molar-refractivity contribution < 1.29 is 31.1 Å². The highest BCUT2D eigenvalue weighted by Crippen LogP contribution is 2.33. The average Bonchev–Trinajstić information content (AvgIpc) is 2.67. The molecule has 3 rings (SSSR count). The third-order valence-electron chi connectivity index (χ3n) is 4.14. The zero-order valence-corrected chi connectivity index (χ0v) is 14.6. The van der Waals surface area contributed by atoms with E-state index in [1.807, 2.05) is 0 Å². The molecule has 29 heavy (non-hydrogen) atoms. The highest BCUT2D eigenvalue weighted by atomic mass is 19.4. The highest BCUT2D eigenvalue weighted by molar-refractivity contribution is 6.08. The number of amides is 1. The molecule has 0 spiro atoms. The van der Waals surface area contributed by atoms with Crippen LogP contribution in [0.4, 0.5) is 32.0 Å². The minimum Gasteiger partial charge on any atom is -0.322 e. The van der Waals surface area contributed by atoms with Gasteiger partial charge in [-0.2, -0.15) is 26.3 Å². The Kier molecular flexibility index (Phi) is 5.37. The number of carbonyl (C=O) groups excluding carboxylic acids is 1. The molecule has 150 valence electrons. The first-order valence-corrected chi connectivity index (χ1v) is 8.31. The molecule has 0 aromatic heterocycles. The number of hydrogen-bond donors (Lipinski definition) is 1. The van der Waals surface area contributed by atoms with Gasteiger partial charge in [0.05, 0.1) is 11.1 Å². The first-order chi connectivity index (χ1) is 13.6. The minimum atomic E-state index is -4.56. The van der Waals surface area contributed by atoms with Crippen LogP contribution >= 0.6 is 0 Å². The van der Waals surface area contributed by atoms with Gasteiger partial charge in [-0.3, -0.25) is 4.79 Å². The molecule has 0 aliphatic rings. The summed E-state index contributed by atoms with van der Waals surface area (Å²) in [5.41, 5.74) is -0.950. The van der Waals surface area contributed by atoms with Crippen LogP contribution in [0.25, 0.3) is 11.1 Å². The molecule has 0 unspecified atom stereocenters. The van der Waals surface area contributed by atoms with E-state index in [2.05, 4.69) is 5.32 Å². The number of halogens is 6. The minimum absolute atomic E-state index is 0.0490. The fraction of sp³-hybridized carbons (Fsp3) is 0.0952. The molecule has 1 N–H and O–H groups in total. The Labute approximate surface area is 161 Å². The van der Waals surface area contributed by atoms with E-state index in [9.17, 15) is 31.1 Å². The van der Waals surface area contributed by atoms with Crippen molar-refractivity contribution in [3.63, 3.8) is 0 Å². The molecule has 1 amide bonds. The molecule has 0 aliphatic heterocycles. The molecule has 0 bridgehead atoms. The van der Waals surface area contributed by atoms with E-state index in [0.717, 1.165) is 24.3 Å². The van der Waals surface area contributed by atoms with E-state index >= 15 is 0 Å². The van der Waals surface area contributed by atoms with Crippen LogP contribution in [-0.2, 0) is 12.4 Å². The lowest BCUT2D eigenvalue weighted by Gasteiger charge is -2.13. The number of nitrogens with one attached hydrogen (secondary N) is 1. The Morgan fingerprint density at radius 2 is 1.31 bits per heavy atom. The molecule has 0 radical (unpaired) electrons. The molecule has 8 heteroatoms. The molecule has 0 saturated heterocycles. The number of anilines is 1. The lowest BCUT2D eigenvalue weighted by molar-refractivity contribution is -0.138. The number of alkyl halides is 6. The first-order valence-electron chi connectivity index (χ1n) is 8.31. The lowest BCUT2D eigenvalue weighted by atomic mass is 9.98. The summed E-state index contributed by atoms with van der Waals surface area (Å²) in [4.78, 5) is 12.6. The van der Waals surface area contributed by atoms with Gasteiger partial charge in [-0.05, 0) is 47.5 Å². The van der Waals surface area contributed by atoms with Crippen molar-refractivity contribution in [1.29, 1.82) is 0 Å². The maximum atomic E-state index is 12.8. The van der Waals surface area contributed by atoms with Crippen LogP contribution < -0.4 is 5.32 Å². The molecule has 3 aromatic carbocycles. The number of carbonyl (C=O) groups is 1. The van der Waals surface area contributed by atoms with Gasteiger partial charge in [0.2, 0.25) is 0 Å². The van der Waals surface area contributed by atoms with Crippen LogP contribution in [0.1, 0.15) is 21.5 Å². The second-order valence-corrected chi connectivity index (χ2v) is 6.15. The van der Waals surface area contributed by atoms with Crippen molar-refractivity contribution in [2.75, 3.05) is 5.32 Å². The van der Waals surface area contributed by atoms with Crippen molar-refractivity contribution >= 4 is 11.6 Å². The van der Waals surface area contributed by atoms with Crippen LogP contribution in [0.3, 0.4) is 0 Å². The Hall–Kier alpha value is -3.29. The molecule has 0 saturated carbocycles. The average molecular weight is 409 g/mol. The second-order valence-electron chi connectivity index (χ2n) is 6.15. The van der Waals surface area contributed by atoms with Crippen molar-refractivity contribution in [2.45, 2.75) is 12.4 Å².